The largest absolute Gasteiger partial charge is 0.297 e. The Labute approximate surface area is 164 Å². The van der Waals surface area contributed by atoms with E-state index in [1.807, 2.05) is 60.7 Å². The quantitative estimate of drug-likeness (QED) is 0.700. The Morgan fingerprint density at radius 2 is 1.81 bits per heavy atom. The van der Waals surface area contributed by atoms with E-state index in [1.54, 1.807) is 16.7 Å². The van der Waals surface area contributed by atoms with Crippen LogP contribution in [0.2, 0.25) is 0 Å². The first-order chi connectivity index (χ1) is 12.6. The number of benzene rings is 2. The van der Waals surface area contributed by atoms with E-state index in [2.05, 4.69) is 6.07 Å². The Morgan fingerprint density at radius 1 is 1.15 bits per heavy atom. The van der Waals surface area contributed by atoms with E-state index in [0.29, 0.717) is 30.1 Å². The van der Waals surface area contributed by atoms with Crippen LogP contribution in [0, 0.1) is 11.3 Å². The molecule has 2 aromatic rings. The van der Waals surface area contributed by atoms with Crippen LogP contribution in [-0.4, -0.2) is 27.4 Å². The van der Waals surface area contributed by atoms with E-state index in [-0.39, 0.29) is 5.91 Å². The summed E-state index contributed by atoms with van der Waals surface area (Å²) in [5.74, 6) is 0.875. The first-order valence-electron chi connectivity index (χ1n) is 8.62. The second kappa shape index (κ2) is 8.48. The van der Waals surface area contributed by atoms with Crippen molar-refractivity contribution in [2.24, 2.45) is 0 Å². The summed E-state index contributed by atoms with van der Waals surface area (Å²) in [6.07, 6.45) is 1.38. The van der Waals surface area contributed by atoms with E-state index in [4.69, 9.17) is 12.2 Å². The monoisotopic (exact) mass is 380 g/mol. The van der Waals surface area contributed by atoms with Crippen molar-refractivity contribution in [1.82, 2.24) is 4.90 Å². The van der Waals surface area contributed by atoms with Gasteiger partial charge in [0.1, 0.15) is 4.32 Å². The van der Waals surface area contributed by atoms with Crippen LogP contribution < -0.4 is 0 Å². The summed E-state index contributed by atoms with van der Waals surface area (Å²) in [5, 5.41) is 10.1. The number of rotatable bonds is 6. The Balaban J connectivity index is 1.84. The number of thiocarbonyl (C=S) groups is 1. The fourth-order valence-corrected chi connectivity index (χ4v) is 4.51. The molecule has 0 saturated carbocycles. The number of nitriles is 1. The average molecular weight is 381 g/mol. The Morgan fingerprint density at radius 3 is 2.38 bits per heavy atom. The summed E-state index contributed by atoms with van der Waals surface area (Å²) in [6.45, 7) is 0.673. The fraction of sp³-hybridized carbons (Fsp3) is 0.286. The lowest BCUT2D eigenvalue weighted by Gasteiger charge is -2.28. The molecule has 0 spiro atoms. The third-order valence-electron chi connectivity index (χ3n) is 4.72. The molecule has 1 amide bonds. The smallest absolute Gasteiger partial charge is 0.228 e. The van der Waals surface area contributed by atoms with Gasteiger partial charge in [-0.3, -0.25) is 9.69 Å². The number of carbonyl (C=O) groups is 1. The molecular weight excluding hydrogens is 360 g/mol. The van der Waals surface area contributed by atoms with Crippen molar-refractivity contribution < 1.29 is 4.79 Å². The molecular formula is C21H20N2OS2. The second-order valence-electron chi connectivity index (χ2n) is 6.38. The van der Waals surface area contributed by atoms with Crippen molar-refractivity contribution in [3.05, 3.63) is 71.8 Å². The lowest BCUT2D eigenvalue weighted by Crippen LogP contribution is -2.34. The zero-order valence-electron chi connectivity index (χ0n) is 14.4. The van der Waals surface area contributed by atoms with Gasteiger partial charge >= 0.3 is 0 Å². The minimum atomic E-state index is -0.729. The maximum absolute atomic E-state index is 12.6. The summed E-state index contributed by atoms with van der Waals surface area (Å²) in [4.78, 5) is 14.3. The predicted molar refractivity (Wildman–Crippen MR) is 110 cm³/mol. The molecule has 0 aliphatic carbocycles. The van der Waals surface area contributed by atoms with Crippen molar-refractivity contribution >= 4 is 34.2 Å². The number of amides is 1. The standard InChI is InChI=1S/C21H20N2OS2/c22-16-21(18-9-5-2-6-10-18,15-17-7-3-1-4-8-17)12-11-19(24)23-13-14-26-20(23)25/h1-10H,11-15H2. The molecule has 0 aromatic heterocycles. The molecule has 3 nitrogen and oxygen atoms in total. The van der Waals surface area contributed by atoms with Gasteiger partial charge < -0.3 is 0 Å². The van der Waals surface area contributed by atoms with Crippen LogP contribution in [-0.2, 0) is 16.6 Å². The van der Waals surface area contributed by atoms with Crippen LogP contribution in [0.4, 0.5) is 0 Å². The maximum Gasteiger partial charge on any atom is 0.228 e. The lowest BCUT2D eigenvalue weighted by molar-refractivity contribution is -0.127. The van der Waals surface area contributed by atoms with Gasteiger partial charge in [-0.15, -0.1) is 0 Å². The minimum Gasteiger partial charge on any atom is -0.297 e. The van der Waals surface area contributed by atoms with E-state index in [0.717, 1.165) is 16.9 Å². The molecule has 26 heavy (non-hydrogen) atoms. The summed E-state index contributed by atoms with van der Waals surface area (Å²) < 4.78 is 0.653. The molecule has 1 heterocycles. The van der Waals surface area contributed by atoms with Crippen molar-refractivity contribution in [2.75, 3.05) is 12.3 Å². The highest BCUT2D eigenvalue weighted by Gasteiger charge is 2.34. The SMILES string of the molecule is N#CC(CCC(=O)N1CCSC1=S)(Cc1ccccc1)c1ccccc1. The first-order valence-corrected chi connectivity index (χ1v) is 10.0. The zero-order chi connectivity index (χ0) is 18.4. The molecule has 132 valence electrons. The Bertz CT molecular complexity index is 817. The van der Waals surface area contributed by atoms with E-state index in [1.165, 1.54) is 0 Å². The fourth-order valence-electron chi connectivity index (χ4n) is 3.27. The normalized spacial score (nSPS) is 16.1. The molecule has 1 unspecified atom stereocenters. The van der Waals surface area contributed by atoms with Gasteiger partial charge in [-0.25, -0.2) is 0 Å². The van der Waals surface area contributed by atoms with Crippen LogP contribution in [0.5, 0.6) is 0 Å². The predicted octanol–water partition coefficient (Wildman–Crippen LogP) is 4.33. The number of thioether (sulfide) groups is 1. The van der Waals surface area contributed by atoms with Gasteiger partial charge in [0.2, 0.25) is 5.91 Å². The summed E-state index contributed by atoms with van der Waals surface area (Å²) >= 11 is 6.80. The number of hydrogen-bond donors (Lipinski definition) is 0. The third kappa shape index (κ3) is 4.14. The summed E-state index contributed by atoms with van der Waals surface area (Å²) in [5.41, 5.74) is 1.32. The number of nitrogens with zero attached hydrogens (tertiary/aromatic N) is 2. The van der Waals surface area contributed by atoms with Crippen molar-refractivity contribution in [1.29, 1.82) is 5.26 Å². The lowest BCUT2D eigenvalue weighted by atomic mass is 9.73. The second-order valence-corrected chi connectivity index (χ2v) is 8.11. The number of hydrogen-bond acceptors (Lipinski definition) is 4. The van der Waals surface area contributed by atoms with Crippen LogP contribution >= 0.6 is 24.0 Å². The zero-order valence-corrected chi connectivity index (χ0v) is 16.1. The van der Waals surface area contributed by atoms with Gasteiger partial charge in [0, 0.05) is 18.7 Å². The van der Waals surface area contributed by atoms with Gasteiger partial charge in [0.05, 0.1) is 11.5 Å². The van der Waals surface area contributed by atoms with Crippen LogP contribution in [0.1, 0.15) is 24.0 Å². The molecule has 1 aliphatic heterocycles. The minimum absolute atomic E-state index is 0.0172. The molecule has 5 heteroatoms. The molecule has 1 fully saturated rings. The molecule has 0 N–H and O–H groups in total. The van der Waals surface area contributed by atoms with E-state index in [9.17, 15) is 10.1 Å². The van der Waals surface area contributed by atoms with Crippen LogP contribution in [0.15, 0.2) is 60.7 Å². The van der Waals surface area contributed by atoms with Crippen molar-refractivity contribution in [3.63, 3.8) is 0 Å². The molecule has 0 radical (unpaired) electrons. The van der Waals surface area contributed by atoms with Gasteiger partial charge in [0.15, 0.2) is 0 Å². The molecule has 0 bridgehead atoms. The van der Waals surface area contributed by atoms with Gasteiger partial charge in [-0.1, -0.05) is 84.6 Å². The highest BCUT2D eigenvalue weighted by molar-refractivity contribution is 8.23. The topological polar surface area (TPSA) is 44.1 Å². The number of carbonyl (C=O) groups excluding carboxylic acids is 1. The van der Waals surface area contributed by atoms with Gasteiger partial charge in [-0.2, -0.15) is 5.26 Å². The van der Waals surface area contributed by atoms with Crippen molar-refractivity contribution in [2.45, 2.75) is 24.7 Å². The van der Waals surface area contributed by atoms with Gasteiger partial charge in [0.25, 0.3) is 0 Å². The molecule has 1 saturated heterocycles. The average Bonchev–Trinajstić information content (AvgIpc) is 3.12. The maximum atomic E-state index is 12.6. The summed E-state index contributed by atoms with van der Waals surface area (Å²) in [7, 11) is 0. The molecule has 1 aliphatic rings. The van der Waals surface area contributed by atoms with Gasteiger partial charge in [-0.05, 0) is 24.0 Å². The van der Waals surface area contributed by atoms with Crippen LogP contribution in [0.3, 0.4) is 0 Å². The third-order valence-corrected chi connectivity index (χ3v) is 6.14. The van der Waals surface area contributed by atoms with Crippen LogP contribution in [0.25, 0.3) is 0 Å². The molecule has 3 rings (SSSR count). The highest BCUT2D eigenvalue weighted by atomic mass is 32.2. The van der Waals surface area contributed by atoms with E-state index >= 15 is 0 Å². The van der Waals surface area contributed by atoms with Crippen molar-refractivity contribution in [3.8, 4) is 6.07 Å². The first kappa shape index (κ1) is 18.6. The highest BCUT2D eigenvalue weighted by Crippen LogP contribution is 2.33. The molecule has 1 atom stereocenters. The van der Waals surface area contributed by atoms with E-state index < -0.39 is 5.41 Å². The summed E-state index contributed by atoms with van der Waals surface area (Å²) in [6, 6.07) is 22.3. The Hall–Kier alpha value is -2.16. The molecule has 2 aromatic carbocycles. The Kier molecular flexibility index (Phi) is 6.08.